The third kappa shape index (κ3) is 11.2. The van der Waals surface area contributed by atoms with Crippen LogP contribution in [0.15, 0.2) is 170 Å². The van der Waals surface area contributed by atoms with Gasteiger partial charge in [-0.15, -0.1) is 10.6 Å². The Morgan fingerprint density at radius 2 is 0.585 bits per heavy atom. The smallest absolute Gasteiger partial charge is 1.00 e. The fourth-order valence-electron chi connectivity index (χ4n) is 4.23. The van der Waals surface area contributed by atoms with E-state index >= 15 is 0 Å². The Morgan fingerprint density at radius 1 is 0.341 bits per heavy atom. The van der Waals surface area contributed by atoms with Crippen molar-refractivity contribution in [3.05, 3.63) is 170 Å². The Hall–Kier alpha value is -0.980. The average molecular weight is 1020 g/mol. The van der Waals surface area contributed by atoms with Gasteiger partial charge in [0, 0.05) is 0 Å². The summed E-state index contributed by atoms with van der Waals surface area (Å²) in [7, 11) is -0.818. The predicted molar refractivity (Wildman–Crippen MR) is 161 cm³/mol. The Bertz CT molecular complexity index is 1230. The zero-order valence-corrected chi connectivity index (χ0v) is 30.5. The van der Waals surface area contributed by atoms with Gasteiger partial charge in [0.1, 0.15) is 0 Å². The summed E-state index contributed by atoms with van der Waals surface area (Å²) in [6.07, 6.45) is 0. The van der Waals surface area contributed by atoms with E-state index in [4.69, 9.17) is 0 Å². The van der Waals surface area contributed by atoms with Gasteiger partial charge in [-0.05, 0) is 37.1 Å². The normalized spacial score (nSPS) is 9.41. The molecule has 0 radical (unpaired) electrons. The molecule has 218 valence electrons. The third-order valence-electron chi connectivity index (χ3n) is 5.86. The first-order valence-electron chi connectivity index (χ1n) is 12.1. The summed E-state index contributed by atoms with van der Waals surface area (Å²) in [6.45, 7) is 0. The van der Waals surface area contributed by atoms with Crippen molar-refractivity contribution in [2.45, 2.75) is 0 Å². The first-order valence-corrected chi connectivity index (χ1v) is 14.8. The van der Waals surface area contributed by atoms with Crippen molar-refractivity contribution in [3.8, 4) is 0 Å². The van der Waals surface area contributed by atoms with Crippen LogP contribution in [-0.4, -0.2) is 0 Å². The Balaban J connectivity index is 0.000000696. The summed E-state index contributed by atoms with van der Waals surface area (Å²) < 4.78 is 0. The van der Waals surface area contributed by atoms with E-state index in [1.54, 1.807) is 0 Å². The largest absolute Gasteiger partial charge is 2.00 e. The number of rotatable bonds is 6. The van der Waals surface area contributed by atoms with Crippen LogP contribution in [0.3, 0.4) is 0 Å². The van der Waals surface area contributed by atoms with Crippen LogP contribution in [0.25, 0.3) is 0 Å². The summed E-state index contributed by atoms with van der Waals surface area (Å²) in [6, 6.07) is 60.5. The SMILES string of the molecule is [Au+].[Au+].[Cl-].[Cl-].[Fe+2].c1ccc(P(c2ccccc2)c2ccc[cH-]2)cc1.c1ccc(P(c2ccccc2)c2ccc[cH-]2)cc1. The average Bonchev–Trinajstić information content (AvgIpc) is 3.68. The summed E-state index contributed by atoms with van der Waals surface area (Å²) in [5.41, 5.74) is 0. The molecule has 0 amide bonds. The molecule has 6 aromatic rings. The van der Waals surface area contributed by atoms with Crippen LogP contribution in [0.4, 0.5) is 0 Å². The van der Waals surface area contributed by atoms with Crippen LogP contribution in [0.5, 0.6) is 0 Å². The minimum absolute atomic E-state index is 0. The van der Waals surface area contributed by atoms with Crippen LogP contribution in [0.1, 0.15) is 0 Å². The molecule has 0 saturated carbocycles. The van der Waals surface area contributed by atoms with Crippen molar-refractivity contribution in [2.24, 2.45) is 0 Å². The topological polar surface area (TPSA) is 0 Å². The summed E-state index contributed by atoms with van der Waals surface area (Å²) in [4.78, 5) is 0. The maximum Gasteiger partial charge on any atom is 2.00 e. The molecule has 0 spiro atoms. The molecule has 0 aliphatic rings. The van der Waals surface area contributed by atoms with E-state index in [1.165, 1.54) is 31.8 Å². The molecule has 0 fully saturated rings. The molecular formula is C34H28Au2Cl2FeP2. The van der Waals surface area contributed by atoms with Crippen molar-refractivity contribution in [1.29, 1.82) is 0 Å². The van der Waals surface area contributed by atoms with Crippen molar-refractivity contribution in [1.82, 2.24) is 0 Å². The monoisotopic (exact) mass is 1020 g/mol. The second kappa shape index (κ2) is 21.7. The molecule has 0 atom stereocenters. The molecule has 0 unspecified atom stereocenters. The van der Waals surface area contributed by atoms with Gasteiger partial charge in [0.25, 0.3) is 0 Å². The Morgan fingerprint density at radius 3 is 0.780 bits per heavy atom. The molecule has 6 aromatic carbocycles. The minimum atomic E-state index is -0.409. The quantitative estimate of drug-likeness (QED) is 0.129. The van der Waals surface area contributed by atoms with Crippen LogP contribution in [0, 0.1) is 0 Å². The molecule has 0 nitrogen and oxygen atoms in total. The van der Waals surface area contributed by atoms with E-state index < -0.39 is 15.8 Å². The molecule has 7 heteroatoms. The Kier molecular flexibility index (Phi) is 21.2. The fraction of sp³-hybridized carbons (Fsp3) is 0. The molecule has 41 heavy (non-hydrogen) atoms. The van der Waals surface area contributed by atoms with E-state index in [0.717, 1.165) is 0 Å². The van der Waals surface area contributed by atoms with Crippen LogP contribution in [0.2, 0.25) is 0 Å². The minimum Gasteiger partial charge on any atom is -1.00 e. The van der Waals surface area contributed by atoms with Gasteiger partial charge in [-0.3, -0.25) is 0 Å². The number of halogens is 2. The molecular weight excluding hydrogens is 991 g/mol. The first-order chi connectivity index (χ1) is 17.9. The zero-order chi connectivity index (χ0) is 24.4. The summed E-state index contributed by atoms with van der Waals surface area (Å²) in [5.74, 6) is 0. The van der Waals surface area contributed by atoms with Gasteiger partial charge in [-0.1, -0.05) is 121 Å². The molecule has 0 saturated heterocycles. The van der Waals surface area contributed by atoms with E-state index in [2.05, 4.69) is 170 Å². The molecule has 0 heterocycles. The van der Waals surface area contributed by atoms with Crippen LogP contribution in [-0.2, 0) is 61.8 Å². The molecule has 0 bridgehead atoms. The van der Waals surface area contributed by atoms with E-state index in [0.29, 0.717) is 0 Å². The van der Waals surface area contributed by atoms with Gasteiger partial charge in [0.2, 0.25) is 0 Å². The van der Waals surface area contributed by atoms with Crippen LogP contribution < -0.4 is 56.6 Å². The van der Waals surface area contributed by atoms with E-state index in [1.807, 2.05) is 0 Å². The number of benzene rings is 4. The van der Waals surface area contributed by atoms with E-state index in [-0.39, 0.29) is 86.6 Å². The predicted octanol–water partition coefficient (Wildman–Crippen LogP) is 0.328. The van der Waals surface area contributed by atoms with Gasteiger partial charge in [-0.25, -0.2) is 24.3 Å². The number of hydrogen-bond donors (Lipinski definition) is 0. The maximum absolute atomic E-state index is 2.23. The molecule has 0 aliphatic heterocycles. The van der Waals surface area contributed by atoms with Crippen molar-refractivity contribution >= 4 is 47.7 Å². The van der Waals surface area contributed by atoms with Gasteiger partial charge >= 0.3 is 61.8 Å². The number of hydrogen-bond acceptors (Lipinski definition) is 0. The maximum atomic E-state index is 2.23. The van der Waals surface area contributed by atoms with Gasteiger partial charge < -0.3 is 24.8 Å². The first kappa shape index (κ1) is 40.0. The fourth-order valence-corrected chi connectivity index (χ4v) is 8.84. The van der Waals surface area contributed by atoms with Gasteiger partial charge in [0.15, 0.2) is 0 Å². The third-order valence-corrected chi connectivity index (χ3v) is 10.8. The van der Waals surface area contributed by atoms with Crippen LogP contribution >= 0.6 is 15.8 Å². The summed E-state index contributed by atoms with van der Waals surface area (Å²) >= 11 is 0. The standard InChI is InChI=1S/2C17H14P.2Au.2ClH.Fe/c2*1-3-9-15(10-4-1)18(17-13-7-8-14-17)16-11-5-2-6-12-16;;;;;/h2*1-14H;;;2*1H;/q2*-1;2*+1;;;+2/p-2. The summed E-state index contributed by atoms with van der Waals surface area (Å²) in [5, 5.41) is 8.47. The second-order valence-corrected chi connectivity index (χ2v) is 12.7. The van der Waals surface area contributed by atoms with E-state index in [9.17, 15) is 0 Å². The van der Waals surface area contributed by atoms with Crippen molar-refractivity contribution in [3.63, 3.8) is 0 Å². The molecule has 0 N–H and O–H groups in total. The zero-order valence-electron chi connectivity index (χ0n) is 21.8. The van der Waals surface area contributed by atoms with Crippen molar-refractivity contribution < 1.29 is 86.6 Å². The van der Waals surface area contributed by atoms with Gasteiger partial charge in [0.05, 0.1) is 0 Å². The van der Waals surface area contributed by atoms with Gasteiger partial charge in [-0.2, -0.15) is 24.3 Å². The second-order valence-electron chi connectivity index (χ2n) is 8.30. The Labute approximate surface area is 301 Å². The molecule has 0 aromatic heterocycles. The molecule has 6 rings (SSSR count). The molecule has 0 aliphatic carbocycles. The van der Waals surface area contributed by atoms with Crippen molar-refractivity contribution in [2.75, 3.05) is 0 Å².